The molecular formula is C11H9Cl2NO3. The number of hydrogen-bond donors (Lipinski definition) is 1. The largest absolute Gasteiger partial charge is 0.494 e. The Bertz CT molecular complexity index is 637. The smallest absolute Gasteiger partial charge is 0.211 e. The predicted octanol–water partition coefficient (Wildman–Crippen LogP) is 2.85. The van der Waals surface area contributed by atoms with Gasteiger partial charge in [-0.15, -0.1) is 0 Å². The van der Waals surface area contributed by atoms with Crippen molar-refractivity contribution in [1.29, 1.82) is 0 Å². The highest BCUT2D eigenvalue weighted by molar-refractivity contribution is 6.34. The van der Waals surface area contributed by atoms with Gasteiger partial charge in [0.2, 0.25) is 5.43 Å². The van der Waals surface area contributed by atoms with Crippen molar-refractivity contribution in [3.05, 3.63) is 32.5 Å². The van der Waals surface area contributed by atoms with E-state index in [4.69, 9.17) is 32.7 Å². The molecule has 0 aliphatic carbocycles. The van der Waals surface area contributed by atoms with Crippen molar-refractivity contribution < 1.29 is 9.47 Å². The van der Waals surface area contributed by atoms with Crippen molar-refractivity contribution in [2.45, 2.75) is 0 Å². The summed E-state index contributed by atoms with van der Waals surface area (Å²) in [5, 5.41) is 0.647. The van der Waals surface area contributed by atoms with Gasteiger partial charge in [-0.1, -0.05) is 23.2 Å². The first-order valence-corrected chi connectivity index (χ1v) is 5.47. The van der Waals surface area contributed by atoms with Gasteiger partial charge in [0.05, 0.1) is 30.1 Å². The monoisotopic (exact) mass is 273 g/mol. The van der Waals surface area contributed by atoms with E-state index in [0.29, 0.717) is 16.3 Å². The Morgan fingerprint density at radius 2 is 1.88 bits per heavy atom. The first kappa shape index (κ1) is 12.1. The molecule has 6 heteroatoms. The molecule has 1 heterocycles. The summed E-state index contributed by atoms with van der Waals surface area (Å²) in [5.41, 5.74) is 0.154. The molecule has 2 rings (SSSR count). The van der Waals surface area contributed by atoms with Crippen molar-refractivity contribution in [3.8, 4) is 11.5 Å². The molecule has 0 amide bonds. The molecule has 0 fully saturated rings. The number of pyridine rings is 1. The van der Waals surface area contributed by atoms with Crippen molar-refractivity contribution in [1.82, 2.24) is 4.98 Å². The highest BCUT2D eigenvalue weighted by atomic mass is 35.5. The van der Waals surface area contributed by atoms with Crippen molar-refractivity contribution in [2.24, 2.45) is 0 Å². The lowest BCUT2D eigenvalue weighted by Crippen LogP contribution is -2.06. The third kappa shape index (κ3) is 1.83. The second-order valence-corrected chi connectivity index (χ2v) is 4.12. The molecule has 0 unspecified atom stereocenters. The van der Waals surface area contributed by atoms with Crippen LogP contribution < -0.4 is 14.9 Å². The number of H-pyrrole nitrogens is 1. The second kappa shape index (κ2) is 4.47. The van der Waals surface area contributed by atoms with E-state index in [0.717, 1.165) is 0 Å². The second-order valence-electron chi connectivity index (χ2n) is 3.31. The Morgan fingerprint density at radius 3 is 2.47 bits per heavy atom. The molecule has 0 bridgehead atoms. The molecule has 1 N–H and O–H groups in total. The Hall–Kier alpha value is -1.39. The summed E-state index contributed by atoms with van der Waals surface area (Å²) in [5.74, 6) is 0.741. The van der Waals surface area contributed by atoms with Crippen LogP contribution in [0.1, 0.15) is 0 Å². The van der Waals surface area contributed by atoms with Crippen molar-refractivity contribution in [3.63, 3.8) is 0 Å². The number of fused-ring (bicyclic) bond motifs is 1. The zero-order valence-corrected chi connectivity index (χ0v) is 10.6. The van der Waals surface area contributed by atoms with Crippen LogP contribution in [0, 0.1) is 0 Å². The molecule has 0 saturated heterocycles. The van der Waals surface area contributed by atoms with Gasteiger partial charge < -0.3 is 14.5 Å². The topological polar surface area (TPSA) is 51.3 Å². The minimum Gasteiger partial charge on any atom is -0.494 e. The van der Waals surface area contributed by atoms with Gasteiger partial charge in [0, 0.05) is 12.3 Å². The van der Waals surface area contributed by atoms with E-state index in [1.807, 2.05) is 0 Å². The van der Waals surface area contributed by atoms with Gasteiger partial charge in [-0.2, -0.15) is 0 Å². The van der Waals surface area contributed by atoms with Crippen molar-refractivity contribution >= 4 is 34.1 Å². The number of benzene rings is 1. The zero-order chi connectivity index (χ0) is 12.6. The third-order valence-electron chi connectivity index (χ3n) is 2.41. The molecule has 1 aromatic heterocycles. The van der Waals surface area contributed by atoms with Crippen LogP contribution in [-0.2, 0) is 0 Å². The number of ether oxygens (including phenoxy) is 2. The number of hydrogen-bond acceptors (Lipinski definition) is 3. The molecular weight excluding hydrogens is 265 g/mol. The first-order valence-electron chi connectivity index (χ1n) is 4.71. The van der Waals surface area contributed by atoms with E-state index in [1.54, 1.807) is 6.07 Å². The molecule has 2 aromatic rings. The highest BCUT2D eigenvalue weighted by Crippen LogP contribution is 2.37. The average molecular weight is 274 g/mol. The van der Waals surface area contributed by atoms with Crippen LogP contribution in [0.4, 0.5) is 0 Å². The highest BCUT2D eigenvalue weighted by Gasteiger charge is 2.16. The lowest BCUT2D eigenvalue weighted by Gasteiger charge is -2.11. The Balaban J connectivity index is 3.04. The normalized spacial score (nSPS) is 10.6. The summed E-state index contributed by atoms with van der Waals surface area (Å²) in [7, 11) is 2.93. The summed E-state index contributed by atoms with van der Waals surface area (Å²) in [4.78, 5) is 14.9. The van der Waals surface area contributed by atoms with Crippen LogP contribution >= 0.6 is 23.2 Å². The lowest BCUT2D eigenvalue weighted by atomic mass is 10.1. The fourth-order valence-electron chi connectivity index (χ4n) is 1.65. The number of methoxy groups -OCH3 is 2. The molecule has 0 radical (unpaired) electrons. The summed E-state index contributed by atoms with van der Waals surface area (Å²) in [6, 6.07) is 1.58. The number of aromatic nitrogens is 1. The standard InChI is InChI=1S/C11H9Cl2NO3/c1-16-7-3-5(12)11(17-2)8-9(7)14-4-6(13)10(8)15/h3-4H,1-2H3,(H,14,15). The van der Waals surface area contributed by atoms with Crippen LogP contribution in [0.25, 0.3) is 10.9 Å². The van der Waals surface area contributed by atoms with Crippen LogP contribution in [0.3, 0.4) is 0 Å². The van der Waals surface area contributed by atoms with E-state index in [1.165, 1.54) is 20.4 Å². The maximum Gasteiger partial charge on any atom is 0.211 e. The fraction of sp³-hybridized carbons (Fsp3) is 0.182. The summed E-state index contributed by atoms with van der Waals surface area (Å²) in [6.45, 7) is 0. The minimum absolute atomic E-state index is 0.0696. The van der Waals surface area contributed by atoms with E-state index in [9.17, 15) is 4.79 Å². The fourth-order valence-corrected chi connectivity index (χ4v) is 2.07. The molecule has 0 aliphatic heterocycles. The molecule has 0 aliphatic rings. The van der Waals surface area contributed by atoms with Gasteiger partial charge in [-0.05, 0) is 0 Å². The van der Waals surface area contributed by atoms with E-state index in [-0.39, 0.29) is 21.6 Å². The van der Waals surface area contributed by atoms with E-state index in [2.05, 4.69) is 4.98 Å². The van der Waals surface area contributed by atoms with Crippen LogP contribution in [0.15, 0.2) is 17.1 Å². The number of aromatic amines is 1. The average Bonchev–Trinajstić information content (AvgIpc) is 2.33. The zero-order valence-electron chi connectivity index (χ0n) is 9.14. The Morgan fingerprint density at radius 1 is 1.18 bits per heavy atom. The lowest BCUT2D eigenvalue weighted by molar-refractivity contribution is 0.410. The van der Waals surface area contributed by atoms with Crippen molar-refractivity contribution in [2.75, 3.05) is 14.2 Å². The quantitative estimate of drug-likeness (QED) is 0.916. The molecule has 0 spiro atoms. The number of halogens is 2. The number of nitrogens with one attached hydrogen (secondary N) is 1. The van der Waals surface area contributed by atoms with Gasteiger partial charge in [0.25, 0.3) is 0 Å². The van der Waals surface area contributed by atoms with E-state index >= 15 is 0 Å². The van der Waals surface area contributed by atoms with Gasteiger partial charge in [-0.3, -0.25) is 4.79 Å². The SMILES string of the molecule is COc1cc(Cl)c(OC)c2c(=O)c(Cl)c[nH]c12. The molecule has 4 nitrogen and oxygen atoms in total. The Kier molecular flexibility index (Phi) is 3.17. The summed E-state index contributed by atoms with van der Waals surface area (Å²) >= 11 is 11.8. The summed E-state index contributed by atoms with van der Waals surface area (Å²) in [6.07, 6.45) is 1.40. The summed E-state index contributed by atoms with van der Waals surface area (Å²) < 4.78 is 10.3. The third-order valence-corrected chi connectivity index (χ3v) is 2.97. The first-order chi connectivity index (χ1) is 8.10. The predicted molar refractivity (Wildman–Crippen MR) is 67.7 cm³/mol. The molecule has 17 heavy (non-hydrogen) atoms. The van der Waals surface area contributed by atoms with Crippen LogP contribution in [0.2, 0.25) is 10.0 Å². The molecule has 1 aromatic carbocycles. The van der Waals surface area contributed by atoms with Crippen LogP contribution in [-0.4, -0.2) is 19.2 Å². The van der Waals surface area contributed by atoms with E-state index < -0.39 is 0 Å². The van der Waals surface area contributed by atoms with Gasteiger partial charge in [0.15, 0.2) is 5.75 Å². The maximum absolute atomic E-state index is 12.0. The van der Waals surface area contributed by atoms with Gasteiger partial charge in [-0.25, -0.2) is 0 Å². The molecule has 0 saturated carbocycles. The van der Waals surface area contributed by atoms with Gasteiger partial charge in [0.1, 0.15) is 10.8 Å². The Labute approximate surface area is 107 Å². The van der Waals surface area contributed by atoms with Gasteiger partial charge >= 0.3 is 0 Å². The maximum atomic E-state index is 12.0. The molecule has 90 valence electrons. The van der Waals surface area contributed by atoms with Crippen LogP contribution in [0.5, 0.6) is 11.5 Å². The molecule has 0 atom stereocenters. The minimum atomic E-state index is -0.349. The number of rotatable bonds is 2.